The molecule has 0 saturated carbocycles. The molecule has 8 nitrogen and oxygen atoms in total. The number of nitriles is 1. The van der Waals surface area contributed by atoms with Gasteiger partial charge in [0.1, 0.15) is 12.6 Å². The number of benzene rings is 1. The predicted octanol–water partition coefficient (Wildman–Crippen LogP) is 3.65. The van der Waals surface area contributed by atoms with E-state index in [9.17, 15) is 9.59 Å². The highest BCUT2D eigenvalue weighted by molar-refractivity contribution is 7.14. The molecular formula is C23H22N6O2S. The van der Waals surface area contributed by atoms with Gasteiger partial charge in [0, 0.05) is 34.6 Å². The Labute approximate surface area is 190 Å². The number of hydrogen-bond acceptors (Lipinski definition) is 7. The van der Waals surface area contributed by atoms with Crippen molar-refractivity contribution < 1.29 is 9.59 Å². The van der Waals surface area contributed by atoms with Gasteiger partial charge >= 0.3 is 0 Å². The number of nitrogens with one attached hydrogen (secondary N) is 3. The van der Waals surface area contributed by atoms with Gasteiger partial charge in [-0.25, -0.2) is 4.98 Å². The molecule has 3 N–H and O–H groups in total. The Morgan fingerprint density at radius 3 is 2.56 bits per heavy atom. The fourth-order valence-corrected chi connectivity index (χ4v) is 3.60. The lowest BCUT2D eigenvalue weighted by molar-refractivity contribution is -0.122. The van der Waals surface area contributed by atoms with Crippen LogP contribution in [-0.2, 0) is 4.79 Å². The van der Waals surface area contributed by atoms with Crippen molar-refractivity contribution in [1.82, 2.24) is 20.6 Å². The SMILES string of the molecule is C=C(C)CC(NC(=O)c1ccc(-c2csc(Nc3ccncc3)n2)cc1)C(=O)NCC#N. The topological polar surface area (TPSA) is 120 Å². The zero-order chi connectivity index (χ0) is 22.9. The first kappa shape index (κ1) is 22.7. The van der Waals surface area contributed by atoms with Crippen molar-refractivity contribution in [2.24, 2.45) is 0 Å². The van der Waals surface area contributed by atoms with Crippen LogP contribution >= 0.6 is 11.3 Å². The van der Waals surface area contributed by atoms with E-state index < -0.39 is 11.9 Å². The molecule has 32 heavy (non-hydrogen) atoms. The van der Waals surface area contributed by atoms with E-state index in [1.807, 2.05) is 35.7 Å². The van der Waals surface area contributed by atoms with Crippen LogP contribution in [0.5, 0.6) is 0 Å². The highest BCUT2D eigenvalue weighted by Gasteiger charge is 2.21. The third kappa shape index (κ3) is 6.23. The van der Waals surface area contributed by atoms with Gasteiger partial charge in [0.05, 0.1) is 11.8 Å². The van der Waals surface area contributed by atoms with Gasteiger partial charge in [0.25, 0.3) is 5.91 Å². The van der Waals surface area contributed by atoms with Gasteiger partial charge in [-0.15, -0.1) is 17.9 Å². The third-order valence-electron chi connectivity index (χ3n) is 4.39. The molecule has 2 heterocycles. The number of nitrogens with zero attached hydrogens (tertiary/aromatic N) is 3. The molecule has 2 aromatic heterocycles. The molecule has 3 rings (SSSR count). The summed E-state index contributed by atoms with van der Waals surface area (Å²) >= 11 is 1.48. The van der Waals surface area contributed by atoms with E-state index in [0.717, 1.165) is 27.6 Å². The Bertz CT molecular complexity index is 1140. The van der Waals surface area contributed by atoms with E-state index in [0.29, 0.717) is 5.56 Å². The molecule has 1 aromatic carbocycles. The van der Waals surface area contributed by atoms with Crippen LogP contribution in [0.4, 0.5) is 10.8 Å². The van der Waals surface area contributed by atoms with Crippen LogP contribution in [0.25, 0.3) is 11.3 Å². The van der Waals surface area contributed by atoms with Crippen LogP contribution in [0, 0.1) is 11.3 Å². The Kier molecular flexibility index (Phi) is 7.67. The number of anilines is 2. The summed E-state index contributed by atoms with van der Waals surface area (Å²) in [4.78, 5) is 33.5. The van der Waals surface area contributed by atoms with Crippen molar-refractivity contribution in [2.45, 2.75) is 19.4 Å². The predicted molar refractivity (Wildman–Crippen MR) is 124 cm³/mol. The second-order valence-corrected chi connectivity index (χ2v) is 7.90. The van der Waals surface area contributed by atoms with Crippen LogP contribution in [-0.4, -0.2) is 34.4 Å². The number of thiazole rings is 1. The molecular weight excluding hydrogens is 424 g/mol. The largest absolute Gasteiger partial charge is 0.341 e. The Morgan fingerprint density at radius 2 is 1.91 bits per heavy atom. The first-order valence-electron chi connectivity index (χ1n) is 9.79. The lowest BCUT2D eigenvalue weighted by Gasteiger charge is -2.18. The molecule has 3 aromatic rings. The minimum atomic E-state index is -0.798. The van der Waals surface area contributed by atoms with Gasteiger partial charge in [-0.2, -0.15) is 5.26 Å². The maximum Gasteiger partial charge on any atom is 0.251 e. The normalized spacial score (nSPS) is 11.1. The van der Waals surface area contributed by atoms with Gasteiger partial charge in [0.15, 0.2) is 5.13 Å². The van der Waals surface area contributed by atoms with Crippen molar-refractivity contribution in [1.29, 1.82) is 5.26 Å². The maximum absolute atomic E-state index is 12.7. The Hall–Kier alpha value is -4.03. The molecule has 0 bridgehead atoms. The zero-order valence-electron chi connectivity index (χ0n) is 17.5. The van der Waals surface area contributed by atoms with E-state index in [4.69, 9.17) is 5.26 Å². The smallest absolute Gasteiger partial charge is 0.251 e. The summed E-state index contributed by atoms with van der Waals surface area (Å²) in [5.41, 5.74) is 3.72. The fraction of sp³-hybridized carbons (Fsp3) is 0.174. The minimum Gasteiger partial charge on any atom is -0.341 e. The average Bonchev–Trinajstić information content (AvgIpc) is 3.26. The molecule has 0 fully saturated rings. The summed E-state index contributed by atoms with van der Waals surface area (Å²) in [5.74, 6) is -0.801. The van der Waals surface area contributed by atoms with Crippen LogP contribution in [0.2, 0.25) is 0 Å². The molecule has 0 saturated heterocycles. The molecule has 162 valence electrons. The van der Waals surface area contributed by atoms with Gasteiger partial charge in [-0.05, 0) is 37.6 Å². The van der Waals surface area contributed by atoms with Crippen molar-refractivity contribution in [3.63, 3.8) is 0 Å². The van der Waals surface area contributed by atoms with Crippen molar-refractivity contribution >= 4 is 34.0 Å². The number of hydrogen-bond donors (Lipinski definition) is 3. The van der Waals surface area contributed by atoms with E-state index in [2.05, 4.69) is 32.5 Å². The summed E-state index contributed by atoms with van der Waals surface area (Å²) in [6.45, 7) is 5.45. The van der Waals surface area contributed by atoms with E-state index in [1.165, 1.54) is 11.3 Å². The second kappa shape index (κ2) is 10.8. The number of carbonyl (C=O) groups excluding carboxylic acids is 2. The number of carbonyl (C=O) groups is 2. The Morgan fingerprint density at radius 1 is 1.19 bits per heavy atom. The maximum atomic E-state index is 12.7. The van der Waals surface area contributed by atoms with Crippen LogP contribution < -0.4 is 16.0 Å². The summed E-state index contributed by atoms with van der Waals surface area (Å²) in [6.07, 6.45) is 3.69. The molecule has 0 aliphatic rings. The molecule has 1 unspecified atom stereocenters. The molecule has 0 spiro atoms. The molecule has 1 atom stereocenters. The molecule has 0 aliphatic carbocycles. The molecule has 0 radical (unpaired) electrons. The van der Waals surface area contributed by atoms with Gasteiger partial charge in [-0.1, -0.05) is 17.7 Å². The van der Waals surface area contributed by atoms with Gasteiger partial charge < -0.3 is 16.0 Å². The Balaban J connectivity index is 1.66. The average molecular weight is 447 g/mol. The highest BCUT2D eigenvalue weighted by Crippen LogP contribution is 2.27. The van der Waals surface area contributed by atoms with Gasteiger partial charge in [-0.3, -0.25) is 14.6 Å². The van der Waals surface area contributed by atoms with Crippen molar-refractivity contribution in [3.8, 4) is 17.3 Å². The van der Waals surface area contributed by atoms with Gasteiger partial charge in [0.2, 0.25) is 5.91 Å². The van der Waals surface area contributed by atoms with Crippen LogP contribution in [0.3, 0.4) is 0 Å². The monoisotopic (exact) mass is 446 g/mol. The van der Waals surface area contributed by atoms with E-state index >= 15 is 0 Å². The summed E-state index contributed by atoms with van der Waals surface area (Å²) < 4.78 is 0. The van der Waals surface area contributed by atoms with E-state index in [-0.39, 0.29) is 18.9 Å². The first-order valence-corrected chi connectivity index (χ1v) is 10.7. The molecule has 2 amide bonds. The number of amides is 2. The quantitative estimate of drug-likeness (QED) is 0.341. The molecule has 0 aliphatic heterocycles. The highest BCUT2D eigenvalue weighted by atomic mass is 32.1. The fourth-order valence-electron chi connectivity index (χ4n) is 2.86. The summed E-state index contributed by atoms with van der Waals surface area (Å²) in [6, 6.07) is 11.8. The number of aromatic nitrogens is 2. The summed E-state index contributed by atoms with van der Waals surface area (Å²) in [7, 11) is 0. The minimum absolute atomic E-state index is 0.123. The third-order valence-corrected chi connectivity index (χ3v) is 5.15. The lowest BCUT2D eigenvalue weighted by Crippen LogP contribution is -2.47. The number of pyridine rings is 1. The second-order valence-electron chi connectivity index (χ2n) is 7.04. The summed E-state index contributed by atoms with van der Waals surface area (Å²) in [5, 5.41) is 19.7. The zero-order valence-corrected chi connectivity index (χ0v) is 18.3. The van der Waals surface area contributed by atoms with Crippen molar-refractivity contribution in [3.05, 3.63) is 71.9 Å². The standard InChI is InChI=1S/C23H22N6O2S/c1-15(2)13-19(22(31)26-12-9-24)28-21(30)17-5-3-16(4-6-17)20-14-32-23(29-20)27-18-7-10-25-11-8-18/h3-8,10-11,14,19H,1,12-13H2,2H3,(H,26,31)(H,28,30)(H,25,27,29). The molecule has 9 heteroatoms. The van der Waals surface area contributed by atoms with E-state index in [1.54, 1.807) is 31.5 Å². The van der Waals surface area contributed by atoms with Crippen LogP contribution in [0.15, 0.2) is 66.3 Å². The first-order chi connectivity index (χ1) is 15.5. The van der Waals surface area contributed by atoms with Crippen LogP contribution in [0.1, 0.15) is 23.7 Å². The number of rotatable bonds is 9. The lowest BCUT2D eigenvalue weighted by atomic mass is 10.1. The van der Waals surface area contributed by atoms with Crippen molar-refractivity contribution in [2.75, 3.05) is 11.9 Å².